The van der Waals surface area contributed by atoms with Crippen molar-refractivity contribution in [2.24, 2.45) is 0 Å². The van der Waals surface area contributed by atoms with Crippen LogP contribution in [0.25, 0.3) is 0 Å². The Labute approximate surface area is 171 Å². The van der Waals surface area contributed by atoms with Crippen LogP contribution < -0.4 is 10.2 Å². The molecular weight excluding hydrogens is 370 g/mol. The molecule has 2 fully saturated rings. The molecule has 2 saturated heterocycles. The maximum Gasteiger partial charge on any atom is 0.242 e. The number of anilines is 1. The number of likely N-dealkylation sites (tertiary alicyclic amines) is 1. The van der Waals surface area contributed by atoms with Crippen LogP contribution in [0.1, 0.15) is 42.6 Å². The van der Waals surface area contributed by atoms with E-state index < -0.39 is 0 Å². The molecule has 1 atom stereocenters. The molecule has 1 N–H and O–H groups in total. The van der Waals surface area contributed by atoms with Crippen molar-refractivity contribution in [3.05, 3.63) is 41.2 Å². The van der Waals surface area contributed by atoms with Gasteiger partial charge in [0.25, 0.3) is 0 Å². The predicted octanol–water partition coefficient (Wildman–Crippen LogP) is 2.62. The van der Waals surface area contributed by atoms with Gasteiger partial charge in [-0.25, -0.2) is 4.98 Å². The van der Waals surface area contributed by atoms with Crippen LogP contribution in [0.2, 0.25) is 0 Å². The summed E-state index contributed by atoms with van der Waals surface area (Å²) in [5.74, 6) is 0.968. The Kier molecular flexibility index (Phi) is 6.22. The average Bonchev–Trinajstić information content (AvgIpc) is 3.45. The van der Waals surface area contributed by atoms with Gasteiger partial charge in [0.2, 0.25) is 11.0 Å². The van der Waals surface area contributed by atoms with E-state index >= 15 is 0 Å². The van der Waals surface area contributed by atoms with E-state index in [4.69, 9.17) is 4.98 Å². The van der Waals surface area contributed by atoms with E-state index in [-0.39, 0.29) is 11.9 Å². The van der Waals surface area contributed by atoms with E-state index in [0.29, 0.717) is 0 Å². The first-order chi connectivity index (χ1) is 13.7. The molecule has 1 aromatic heterocycles. The highest BCUT2D eigenvalue weighted by molar-refractivity contribution is 7.09. The molecule has 0 radical (unpaired) electrons. The fraction of sp³-hybridized carbons (Fsp3) is 0.571. The van der Waals surface area contributed by atoms with Gasteiger partial charge in [-0.3, -0.25) is 4.79 Å². The minimum absolute atomic E-state index is 0.112. The number of aryl methyl sites for hydroxylation is 1. The number of benzene rings is 1. The highest BCUT2D eigenvalue weighted by Crippen LogP contribution is 2.27. The van der Waals surface area contributed by atoms with Crippen molar-refractivity contribution in [3.63, 3.8) is 0 Å². The third kappa shape index (κ3) is 4.70. The molecule has 0 bridgehead atoms. The SMILES string of the molecule is Cc1ccc(Cc2nsc(N3CCC[C@H]3C(=O)NCCN3CCCC3)n2)cc1. The van der Waals surface area contributed by atoms with Gasteiger partial charge in [0.1, 0.15) is 11.9 Å². The van der Waals surface area contributed by atoms with E-state index in [1.165, 1.54) is 48.6 Å². The molecule has 0 unspecified atom stereocenters. The highest BCUT2D eigenvalue weighted by atomic mass is 32.1. The summed E-state index contributed by atoms with van der Waals surface area (Å²) in [6.45, 7) is 6.99. The number of amides is 1. The second kappa shape index (κ2) is 9.01. The van der Waals surface area contributed by atoms with Gasteiger partial charge in [-0.1, -0.05) is 29.8 Å². The monoisotopic (exact) mass is 399 g/mol. The molecule has 0 saturated carbocycles. The first kappa shape index (κ1) is 19.3. The summed E-state index contributed by atoms with van der Waals surface area (Å²) in [6, 6.07) is 8.38. The molecule has 0 aliphatic carbocycles. The number of carbonyl (C=O) groups is 1. The van der Waals surface area contributed by atoms with Gasteiger partial charge in [0.15, 0.2) is 0 Å². The number of nitrogens with one attached hydrogen (secondary N) is 1. The first-order valence-electron chi connectivity index (χ1n) is 10.3. The van der Waals surface area contributed by atoms with Crippen LogP contribution in [0.5, 0.6) is 0 Å². The van der Waals surface area contributed by atoms with Crippen molar-refractivity contribution in [1.82, 2.24) is 19.6 Å². The number of nitrogens with zero attached hydrogens (tertiary/aromatic N) is 4. The standard InChI is InChI=1S/C21H29N5OS/c1-16-6-8-17(9-7-16)15-19-23-21(28-24-19)26-13-4-5-18(26)20(27)22-10-14-25-11-2-3-12-25/h6-9,18H,2-5,10-15H2,1H3,(H,22,27)/t18-/m0/s1. The van der Waals surface area contributed by atoms with Crippen molar-refractivity contribution in [1.29, 1.82) is 0 Å². The lowest BCUT2D eigenvalue weighted by Crippen LogP contribution is -2.45. The Balaban J connectivity index is 1.33. The Bertz CT molecular complexity index is 784. The third-order valence-electron chi connectivity index (χ3n) is 5.67. The van der Waals surface area contributed by atoms with Crippen LogP contribution in [0.15, 0.2) is 24.3 Å². The topological polar surface area (TPSA) is 61.4 Å². The zero-order valence-corrected chi connectivity index (χ0v) is 17.4. The van der Waals surface area contributed by atoms with Crippen molar-refractivity contribution < 1.29 is 4.79 Å². The number of hydrogen-bond donors (Lipinski definition) is 1. The van der Waals surface area contributed by atoms with Crippen molar-refractivity contribution >= 4 is 22.6 Å². The van der Waals surface area contributed by atoms with Gasteiger partial charge in [0.05, 0.1) is 0 Å². The Morgan fingerprint density at radius 3 is 2.75 bits per heavy atom. The Morgan fingerprint density at radius 1 is 1.18 bits per heavy atom. The van der Waals surface area contributed by atoms with Crippen molar-refractivity contribution in [3.8, 4) is 0 Å². The maximum absolute atomic E-state index is 12.7. The molecule has 1 amide bonds. The molecule has 3 heterocycles. The summed E-state index contributed by atoms with van der Waals surface area (Å²) in [5, 5.41) is 4.01. The van der Waals surface area contributed by atoms with Crippen LogP contribution >= 0.6 is 11.5 Å². The summed E-state index contributed by atoms with van der Waals surface area (Å²) in [5.41, 5.74) is 2.47. The molecule has 1 aromatic carbocycles. The molecule has 0 spiro atoms. The van der Waals surface area contributed by atoms with E-state index in [1.54, 1.807) is 0 Å². The van der Waals surface area contributed by atoms with Crippen LogP contribution in [0, 0.1) is 6.92 Å². The lowest BCUT2D eigenvalue weighted by molar-refractivity contribution is -0.122. The zero-order chi connectivity index (χ0) is 19.3. The fourth-order valence-electron chi connectivity index (χ4n) is 4.05. The van der Waals surface area contributed by atoms with Gasteiger partial charge in [-0.2, -0.15) is 4.37 Å². The van der Waals surface area contributed by atoms with E-state index in [2.05, 4.69) is 50.7 Å². The average molecular weight is 400 g/mol. The smallest absolute Gasteiger partial charge is 0.242 e. The lowest BCUT2D eigenvalue weighted by atomic mass is 10.1. The molecular formula is C21H29N5OS. The van der Waals surface area contributed by atoms with Gasteiger partial charge in [-0.15, -0.1) is 0 Å². The summed E-state index contributed by atoms with van der Waals surface area (Å²) in [6.07, 6.45) is 5.22. The molecule has 28 heavy (non-hydrogen) atoms. The van der Waals surface area contributed by atoms with Gasteiger partial charge in [-0.05, 0) is 51.3 Å². The predicted molar refractivity (Wildman–Crippen MR) is 113 cm³/mol. The maximum atomic E-state index is 12.7. The number of carbonyl (C=O) groups excluding carboxylic acids is 1. The largest absolute Gasteiger partial charge is 0.353 e. The van der Waals surface area contributed by atoms with E-state index in [0.717, 1.165) is 49.9 Å². The number of rotatable bonds is 7. The zero-order valence-electron chi connectivity index (χ0n) is 16.6. The van der Waals surface area contributed by atoms with E-state index in [9.17, 15) is 4.79 Å². The van der Waals surface area contributed by atoms with Crippen LogP contribution in [-0.4, -0.2) is 58.9 Å². The molecule has 2 aromatic rings. The lowest BCUT2D eigenvalue weighted by Gasteiger charge is -2.23. The molecule has 4 rings (SSSR count). The fourth-order valence-corrected chi connectivity index (χ4v) is 4.81. The minimum Gasteiger partial charge on any atom is -0.353 e. The molecule has 2 aliphatic rings. The molecule has 150 valence electrons. The summed E-state index contributed by atoms with van der Waals surface area (Å²) >= 11 is 1.41. The summed E-state index contributed by atoms with van der Waals surface area (Å²) in [7, 11) is 0. The van der Waals surface area contributed by atoms with E-state index in [1.807, 2.05) is 0 Å². The molecule has 2 aliphatic heterocycles. The Morgan fingerprint density at radius 2 is 1.96 bits per heavy atom. The highest BCUT2D eigenvalue weighted by Gasteiger charge is 2.32. The summed E-state index contributed by atoms with van der Waals surface area (Å²) < 4.78 is 4.54. The number of aromatic nitrogens is 2. The normalized spacial score (nSPS) is 20.0. The minimum atomic E-state index is -0.112. The quantitative estimate of drug-likeness (QED) is 0.776. The van der Waals surface area contributed by atoms with Crippen LogP contribution in [0.4, 0.5) is 5.13 Å². The third-order valence-corrected chi connectivity index (χ3v) is 6.46. The van der Waals surface area contributed by atoms with Crippen LogP contribution in [-0.2, 0) is 11.2 Å². The number of hydrogen-bond acceptors (Lipinski definition) is 6. The van der Waals surface area contributed by atoms with Crippen molar-refractivity contribution in [2.45, 2.75) is 45.1 Å². The first-order valence-corrected chi connectivity index (χ1v) is 11.1. The second-order valence-corrected chi connectivity index (χ2v) is 8.58. The van der Waals surface area contributed by atoms with Gasteiger partial charge < -0.3 is 15.1 Å². The summed E-state index contributed by atoms with van der Waals surface area (Å²) in [4.78, 5) is 22.0. The Hall–Kier alpha value is -1.99. The molecule has 6 nitrogen and oxygen atoms in total. The van der Waals surface area contributed by atoms with Gasteiger partial charge in [0, 0.05) is 37.6 Å². The molecule has 7 heteroatoms. The van der Waals surface area contributed by atoms with Gasteiger partial charge >= 0.3 is 0 Å². The van der Waals surface area contributed by atoms with Crippen LogP contribution in [0.3, 0.4) is 0 Å². The van der Waals surface area contributed by atoms with Crippen molar-refractivity contribution in [2.75, 3.05) is 37.6 Å². The second-order valence-electron chi connectivity index (χ2n) is 7.85.